The molecule has 8 aromatic carbocycles. The summed E-state index contributed by atoms with van der Waals surface area (Å²) in [7, 11) is -2.18. The lowest BCUT2D eigenvalue weighted by molar-refractivity contribution is 1.08. The van der Waals surface area contributed by atoms with Gasteiger partial charge in [0.2, 0.25) is 0 Å². The van der Waals surface area contributed by atoms with Crippen LogP contribution in [0.2, 0.25) is 13.1 Å². The van der Waals surface area contributed by atoms with E-state index < -0.39 is 8.07 Å². The van der Waals surface area contributed by atoms with Gasteiger partial charge >= 0.3 is 0 Å². The molecule has 10 rings (SSSR count). The number of fused-ring (bicyclic) bond motifs is 6. The highest BCUT2D eigenvalue weighted by Gasteiger charge is 2.41. The summed E-state index contributed by atoms with van der Waals surface area (Å²) in [5.74, 6) is 2.05. The Balaban J connectivity index is 1.12. The molecule has 0 saturated heterocycles. The van der Waals surface area contributed by atoms with Gasteiger partial charge < -0.3 is 0 Å². The van der Waals surface area contributed by atoms with Crippen LogP contribution < -0.4 is 10.4 Å². The molecule has 0 unspecified atom stereocenters. The Morgan fingerprint density at radius 2 is 0.811 bits per heavy atom. The maximum absolute atomic E-state index is 5.28. The van der Waals surface area contributed by atoms with Crippen molar-refractivity contribution in [3.8, 4) is 67.5 Å². The lowest BCUT2D eigenvalue weighted by Gasteiger charge is -2.23. The van der Waals surface area contributed by atoms with Gasteiger partial charge in [-0.1, -0.05) is 183 Å². The molecule has 1 aromatic heterocycles. The summed E-state index contributed by atoms with van der Waals surface area (Å²) < 4.78 is 0. The van der Waals surface area contributed by atoms with Gasteiger partial charge in [-0.25, -0.2) is 15.0 Å². The highest BCUT2D eigenvalue weighted by molar-refractivity contribution is 7.05. The van der Waals surface area contributed by atoms with Gasteiger partial charge in [-0.05, 0) is 71.4 Å². The van der Waals surface area contributed by atoms with Crippen molar-refractivity contribution in [3.05, 3.63) is 176 Å². The standard InChI is InChI=1S/C49H35N3Si/c1-53(2)45-41-16-9-8-14-36(41)29-30-43(45)42-17-10-18-44(46(42)53)49-51-47(37-24-19-34(20-25-37)32-11-4-3-5-12-32)50-48(52-49)38-26-21-35(22-27-38)40-28-23-33-13-6-7-15-39(33)31-40/h3-31H,1-2H3. The fraction of sp³-hybridized carbons (Fsp3) is 0.0408. The molecule has 0 radical (unpaired) electrons. The quantitative estimate of drug-likeness (QED) is 0.168. The second-order valence-corrected chi connectivity index (χ2v) is 18.7. The van der Waals surface area contributed by atoms with E-state index in [0.717, 1.165) is 27.8 Å². The van der Waals surface area contributed by atoms with Crippen LogP contribution in [-0.2, 0) is 0 Å². The lowest BCUT2D eigenvalue weighted by atomic mass is 9.99. The first-order valence-corrected chi connectivity index (χ1v) is 21.2. The Kier molecular flexibility index (Phi) is 7.27. The van der Waals surface area contributed by atoms with Crippen molar-refractivity contribution in [2.75, 3.05) is 0 Å². The van der Waals surface area contributed by atoms with E-state index in [-0.39, 0.29) is 0 Å². The molecule has 1 aliphatic heterocycles. The van der Waals surface area contributed by atoms with Crippen LogP contribution in [0.4, 0.5) is 0 Å². The fourth-order valence-corrected chi connectivity index (χ4v) is 12.1. The topological polar surface area (TPSA) is 38.7 Å². The van der Waals surface area contributed by atoms with Crippen molar-refractivity contribution < 1.29 is 0 Å². The SMILES string of the molecule is C[Si]1(C)c2c(-c3nc(-c4ccc(-c5ccccc5)cc4)nc(-c4ccc(-c5ccc6ccccc6c5)cc4)n3)cccc2-c2ccc3ccccc3c21. The number of aromatic nitrogens is 3. The Bertz CT molecular complexity index is 2840. The third-order valence-electron chi connectivity index (χ3n) is 10.9. The summed E-state index contributed by atoms with van der Waals surface area (Å²) in [5, 5.41) is 8.00. The molecule has 250 valence electrons. The Morgan fingerprint density at radius 1 is 0.321 bits per heavy atom. The first-order valence-electron chi connectivity index (χ1n) is 18.2. The van der Waals surface area contributed by atoms with Crippen LogP contribution >= 0.6 is 0 Å². The summed E-state index contributed by atoms with van der Waals surface area (Å²) in [6.45, 7) is 4.95. The highest BCUT2D eigenvalue weighted by Crippen LogP contribution is 2.36. The minimum Gasteiger partial charge on any atom is -0.208 e. The van der Waals surface area contributed by atoms with Gasteiger partial charge in [0.05, 0.1) is 0 Å². The number of hydrogen-bond donors (Lipinski definition) is 0. The number of hydrogen-bond acceptors (Lipinski definition) is 3. The van der Waals surface area contributed by atoms with E-state index in [9.17, 15) is 0 Å². The van der Waals surface area contributed by atoms with Crippen LogP contribution in [0, 0.1) is 0 Å². The number of benzene rings is 8. The van der Waals surface area contributed by atoms with Gasteiger partial charge in [-0.2, -0.15) is 0 Å². The second-order valence-electron chi connectivity index (χ2n) is 14.5. The summed E-state index contributed by atoms with van der Waals surface area (Å²) >= 11 is 0. The Hall–Kier alpha value is -6.49. The van der Waals surface area contributed by atoms with Gasteiger partial charge in [0.1, 0.15) is 8.07 Å². The van der Waals surface area contributed by atoms with Crippen molar-refractivity contribution in [1.82, 2.24) is 15.0 Å². The molecule has 0 spiro atoms. The molecular weight excluding hydrogens is 659 g/mol. The van der Waals surface area contributed by atoms with Crippen molar-refractivity contribution in [1.29, 1.82) is 0 Å². The molecule has 9 aromatic rings. The molecule has 0 N–H and O–H groups in total. The second kappa shape index (κ2) is 12.3. The van der Waals surface area contributed by atoms with Crippen molar-refractivity contribution >= 4 is 40.0 Å². The molecule has 3 nitrogen and oxygen atoms in total. The third-order valence-corrected chi connectivity index (χ3v) is 14.5. The van der Waals surface area contributed by atoms with Gasteiger partial charge in [0.25, 0.3) is 0 Å². The largest absolute Gasteiger partial charge is 0.208 e. The first kappa shape index (κ1) is 31.3. The smallest absolute Gasteiger partial charge is 0.164 e. The average molecular weight is 694 g/mol. The van der Waals surface area contributed by atoms with Crippen LogP contribution in [0.25, 0.3) is 89.1 Å². The Labute approximate surface area is 310 Å². The molecule has 0 atom stereocenters. The van der Waals surface area contributed by atoms with Crippen LogP contribution in [-0.4, -0.2) is 23.0 Å². The van der Waals surface area contributed by atoms with E-state index in [4.69, 9.17) is 15.0 Å². The van der Waals surface area contributed by atoms with Crippen LogP contribution in [0.5, 0.6) is 0 Å². The average Bonchev–Trinajstić information content (AvgIpc) is 3.47. The molecule has 53 heavy (non-hydrogen) atoms. The predicted octanol–water partition coefficient (Wildman–Crippen LogP) is 11.3. The molecule has 0 aliphatic carbocycles. The van der Waals surface area contributed by atoms with Crippen molar-refractivity contribution in [2.24, 2.45) is 0 Å². The molecule has 2 heterocycles. The van der Waals surface area contributed by atoms with Gasteiger partial charge in [0, 0.05) is 16.7 Å². The molecule has 0 bridgehead atoms. The van der Waals surface area contributed by atoms with E-state index in [2.05, 4.69) is 183 Å². The van der Waals surface area contributed by atoms with Crippen LogP contribution in [0.3, 0.4) is 0 Å². The predicted molar refractivity (Wildman–Crippen MR) is 224 cm³/mol. The van der Waals surface area contributed by atoms with E-state index in [0.29, 0.717) is 17.5 Å². The molecule has 0 fully saturated rings. The molecule has 1 aliphatic rings. The molecule has 4 heteroatoms. The summed E-state index contributed by atoms with van der Waals surface area (Å²) in [5.41, 5.74) is 10.3. The third kappa shape index (κ3) is 5.30. The minimum absolute atomic E-state index is 0.667. The zero-order chi connectivity index (χ0) is 35.5. The number of nitrogens with zero attached hydrogens (tertiary/aromatic N) is 3. The van der Waals surface area contributed by atoms with Gasteiger partial charge in [0.15, 0.2) is 17.5 Å². The Morgan fingerprint density at radius 3 is 1.53 bits per heavy atom. The van der Waals surface area contributed by atoms with E-state index in [1.54, 1.807) is 0 Å². The van der Waals surface area contributed by atoms with Gasteiger partial charge in [-0.15, -0.1) is 0 Å². The highest BCUT2D eigenvalue weighted by atomic mass is 28.3. The van der Waals surface area contributed by atoms with E-state index in [1.807, 2.05) is 6.07 Å². The zero-order valence-electron chi connectivity index (χ0n) is 29.6. The molecule has 0 amide bonds. The zero-order valence-corrected chi connectivity index (χ0v) is 30.6. The summed E-state index contributed by atoms with van der Waals surface area (Å²) in [4.78, 5) is 15.7. The molecular formula is C49H35N3Si. The van der Waals surface area contributed by atoms with E-state index in [1.165, 1.54) is 54.2 Å². The summed E-state index contributed by atoms with van der Waals surface area (Å²) in [6, 6.07) is 62.9. The van der Waals surface area contributed by atoms with Gasteiger partial charge in [-0.3, -0.25) is 0 Å². The number of rotatable bonds is 5. The minimum atomic E-state index is -2.18. The van der Waals surface area contributed by atoms with E-state index >= 15 is 0 Å². The monoisotopic (exact) mass is 693 g/mol. The summed E-state index contributed by atoms with van der Waals surface area (Å²) in [6.07, 6.45) is 0. The maximum atomic E-state index is 5.28. The lowest BCUT2D eigenvalue weighted by Crippen LogP contribution is -2.50. The maximum Gasteiger partial charge on any atom is 0.164 e. The van der Waals surface area contributed by atoms with Crippen molar-refractivity contribution in [2.45, 2.75) is 13.1 Å². The van der Waals surface area contributed by atoms with Crippen LogP contribution in [0.15, 0.2) is 176 Å². The molecule has 0 saturated carbocycles. The normalized spacial score (nSPS) is 12.9. The van der Waals surface area contributed by atoms with Crippen LogP contribution in [0.1, 0.15) is 0 Å². The van der Waals surface area contributed by atoms with Crippen molar-refractivity contribution in [3.63, 3.8) is 0 Å². The fourth-order valence-electron chi connectivity index (χ4n) is 8.31. The first-order chi connectivity index (χ1) is 26.0.